The molecule has 1 aliphatic rings. The Hall–Kier alpha value is -2.80. The SMILES string of the molecule is C\C=C(/C(=N/C=C(C)/C(C)=C/C(C)NC(=O)C(C)=N/C=C\C(=C/C)C(C)(C)F)OC)C1(C)COC1. The Kier molecular flexibility index (Phi) is 11.5. The van der Waals surface area contributed by atoms with Crippen LogP contribution in [0.15, 0.2) is 69.0 Å². The van der Waals surface area contributed by atoms with Crippen molar-refractivity contribution >= 4 is 17.5 Å². The molecule has 1 N–H and O–H groups in total. The smallest absolute Gasteiger partial charge is 0.265 e. The maximum atomic E-state index is 14.1. The van der Waals surface area contributed by atoms with Gasteiger partial charge in [-0.2, -0.15) is 0 Å². The number of aliphatic imine (C=N–C) groups is 2. The van der Waals surface area contributed by atoms with Crippen molar-refractivity contribution < 1.29 is 18.7 Å². The zero-order valence-electron chi connectivity index (χ0n) is 23.0. The second kappa shape index (κ2) is 13.3. The number of rotatable bonds is 10. The fourth-order valence-electron chi connectivity index (χ4n) is 3.57. The summed E-state index contributed by atoms with van der Waals surface area (Å²) in [6.07, 6.45) is 10.5. The van der Waals surface area contributed by atoms with Crippen LogP contribution in [0.3, 0.4) is 0 Å². The van der Waals surface area contributed by atoms with Gasteiger partial charge >= 0.3 is 0 Å². The van der Waals surface area contributed by atoms with Gasteiger partial charge in [-0.25, -0.2) is 9.38 Å². The number of methoxy groups -OCH3 is 1. The molecular weight excluding hydrogens is 445 g/mol. The number of amides is 1. The highest BCUT2D eigenvalue weighted by molar-refractivity contribution is 6.38. The number of ether oxygens (including phenoxy) is 2. The zero-order chi connectivity index (χ0) is 26.8. The third-order valence-corrected chi connectivity index (χ3v) is 5.91. The predicted octanol–water partition coefficient (Wildman–Crippen LogP) is 6.04. The molecule has 6 nitrogen and oxygen atoms in total. The molecule has 1 heterocycles. The van der Waals surface area contributed by atoms with Crippen LogP contribution in [0.1, 0.15) is 62.3 Å². The van der Waals surface area contributed by atoms with Crippen LogP contribution in [0.4, 0.5) is 4.39 Å². The lowest BCUT2D eigenvalue weighted by molar-refractivity contribution is -0.115. The van der Waals surface area contributed by atoms with Gasteiger partial charge in [-0.15, -0.1) is 0 Å². The van der Waals surface area contributed by atoms with E-state index in [1.807, 2.05) is 39.8 Å². The molecule has 0 aromatic heterocycles. The first-order valence-electron chi connectivity index (χ1n) is 11.9. The predicted molar refractivity (Wildman–Crippen MR) is 143 cm³/mol. The normalized spacial score (nSPS) is 19.5. The Morgan fingerprint density at radius 3 is 2.23 bits per heavy atom. The first-order valence-corrected chi connectivity index (χ1v) is 11.9. The molecule has 35 heavy (non-hydrogen) atoms. The highest BCUT2D eigenvalue weighted by atomic mass is 19.1. The van der Waals surface area contributed by atoms with E-state index in [9.17, 15) is 9.18 Å². The summed E-state index contributed by atoms with van der Waals surface area (Å²) in [6.45, 7) is 17.6. The Labute approximate surface area is 210 Å². The second-order valence-corrected chi connectivity index (χ2v) is 9.56. The van der Waals surface area contributed by atoms with Gasteiger partial charge in [0.05, 0.1) is 20.3 Å². The van der Waals surface area contributed by atoms with E-state index in [0.717, 1.165) is 16.7 Å². The molecule has 1 saturated heterocycles. The Morgan fingerprint density at radius 2 is 1.77 bits per heavy atom. The second-order valence-electron chi connectivity index (χ2n) is 9.56. The molecule has 0 aromatic carbocycles. The van der Waals surface area contributed by atoms with Crippen molar-refractivity contribution in [1.29, 1.82) is 0 Å². The Morgan fingerprint density at radius 1 is 1.14 bits per heavy atom. The van der Waals surface area contributed by atoms with Gasteiger partial charge in [0.2, 0.25) is 5.90 Å². The third-order valence-electron chi connectivity index (χ3n) is 5.91. The lowest BCUT2D eigenvalue weighted by Gasteiger charge is -2.39. The van der Waals surface area contributed by atoms with Gasteiger partial charge in [0.15, 0.2) is 0 Å². The molecule has 1 unspecified atom stereocenters. The number of nitrogens with one attached hydrogen (secondary N) is 1. The van der Waals surface area contributed by atoms with E-state index in [0.29, 0.717) is 30.4 Å². The van der Waals surface area contributed by atoms with E-state index < -0.39 is 5.67 Å². The highest BCUT2D eigenvalue weighted by Crippen LogP contribution is 2.36. The summed E-state index contributed by atoms with van der Waals surface area (Å²) in [6, 6.07) is -0.223. The summed E-state index contributed by atoms with van der Waals surface area (Å²) >= 11 is 0. The molecule has 1 amide bonds. The Bertz CT molecular complexity index is 972. The summed E-state index contributed by atoms with van der Waals surface area (Å²) in [5.41, 5.74) is 2.20. The van der Waals surface area contributed by atoms with Gasteiger partial charge in [-0.3, -0.25) is 9.79 Å². The van der Waals surface area contributed by atoms with Gasteiger partial charge < -0.3 is 14.8 Å². The van der Waals surface area contributed by atoms with Crippen molar-refractivity contribution in [3.63, 3.8) is 0 Å². The van der Waals surface area contributed by atoms with Gasteiger partial charge in [0.1, 0.15) is 11.4 Å². The molecule has 0 saturated carbocycles. The average Bonchev–Trinajstić information content (AvgIpc) is 2.76. The van der Waals surface area contributed by atoms with Crippen LogP contribution < -0.4 is 5.32 Å². The van der Waals surface area contributed by atoms with Crippen LogP contribution in [-0.4, -0.2) is 49.6 Å². The van der Waals surface area contributed by atoms with Crippen molar-refractivity contribution in [2.75, 3.05) is 20.3 Å². The summed E-state index contributed by atoms with van der Waals surface area (Å²) in [7, 11) is 1.62. The van der Waals surface area contributed by atoms with E-state index in [1.165, 1.54) is 20.0 Å². The standard InChI is InChI=1S/C28H42FN3O3/c1-11-23(27(7,8)29)13-14-30-22(6)25(33)32-21(5)15-19(3)20(4)16-31-26(34-10)24(12-2)28(9)17-35-18-28/h11-16,21H,17-18H2,1-10H3,(H,32,33)/b14-13-,19-15+,20-16+,23-11+,24-12+,30-22?,31-26-. The van der Waals surface area contributed by atoms with Crippen molar-refractivity contribution in [2.45, 2.75) is 74.0 Å². The van der Waals surface area contributed by atoms with Crippen LogP contribution in [0.25, 0.3) is 0 Å². The molecule has 7 heteroatoms. The van der Waals surface area contributed by atoms with Gasteiger partial charge in [0.25, 0.3) is 5.91 Å². The van der Waals surface area contributed by atoms with Gasteiger partial charge in [-0.05, 0) is 78.2 Å². The minimum absolute atomic E-state index is 0.0832. The maximum Gasteiger partial charge on any atom is 0.265 e. The largest absolute Gasteiger partial charge is 0.481 e. The molecular formula is C28H42FN3O3. The summed E-state index contributed by atoms with van der Waals surface area (Å²) in [5.74, 6) is 0.284. The van der Waals surface area contributed by atoms with E-state index in [4.69, 9.17) is 9.47 Å². The lowest BCUT2D eigenvalue weighted by Crippen LogP contribution is -2.43. The van der Waals surface area contributed by atoms with E-state index in [1.54, 1.807) is 39.3 Å². The topological polar surface area (TPSA) is 72.3 Å². The van der Waals surface area contributed by atoms with Crippen LogP contribution >= 0.6 is 0 Å². The summed E-state index contributed by atoms with van der Waals surface area (Å²) in [4.78, 5) is 21.2. The number of alkyl halides is 1. The molecule has 194 valence electrons. The van der Waals surface area contributed by atoms with E-state index in [-0.39, 0.29) is 17.4 Å². The fraction of sp³-hybridized carbons (Fsp3) is 0.536. The lowest BCUT2D eigenvalue weighted by atomic mass is 9.80. The summed E-state index contributed by atoms with van der Waals surface area (Å²) < 4.78 is 25.0. The maximum absolute atomic E-state index is 14.1. The molecule has 1 atom stereocenters. The first kappa shape index (κ1) is 30.2. The van der Waals surface area contributed by atoms with E-state index >= 15 is 0 Å². The molecule has 0 bridgehead atoms. The van der Waals surface area contributed by atoms with Crippen LogP contribution in [0.5, 0.6) is 0 Å². The zero-order valence-corrected chi connectivity index (χ0v) is 23.0. The highest BCUT2D eigenvalue weighted by Gasteiger charge is 2.39. The number of carbonyl (C=O) groups excluding carboxylic acids is 1. The van der Waals surface area contributed by atoms with Crippen LogP contribution in [0.2, 0.25) is 0 Å². The van der Waals surface area contributed by atoms with Crippen molar-refractivity contribution in [1.82, 2.24) is 5.32 Å². The number of hydrogen-bond acceptors (Lipinski definition) is 5. The van der Waals surface area contributed by atoms with Crippen molar-refractivity contribution in [3.8, 4) is 0 Å². The minimum Gasteiger partial charge on any atom is -0.481 e. The van der Waals surface area contributed by atoms with Crippen LogP contribution in [-0.2, 0) is 14.3 Å². The van der Waals surface area contributed by atoms with Gasteiger partial charge in [0, 0.05) is 29.4 Å². The van der Waals surface area contributed by atoms with Crippen molar-refractivity contribution in [3.05, 3.63) is 59.0 Å². The number of hydrogen-bond donors (Lipinski definition) is 1. The quantitative estimate of drug-likeness (QED) is 0.232. The number of nitrogens with zero attached hydrogens (tertiary/aromatic N) is 2. The molecule has 1 rings (SSSR count). The number of carbonyl (C=O) groups is 1. The van der Waals surface area contributed by atoms with Crippen molar-refractivity contribution in [2.24, 2.45) is 15.4 Å². The molecule has 0 aliphatic carbocycles. The molecule has 1 fully saturated rings. The minimum atomic E-state index is -1.47. The molecule has 0 radical (unpaired) electrons. The third kappa shape index (κ3) is 9.06. The van der Waals surface area contributed by atoms with E-state index in [2.05, 4.69) is 22.2 Å². The first-order chi connectivity index (χ1) is 16.3. The molecule has 0 aromatic rings. The van der Waals surface area contributed by atoms with Crippen LogP contribution in [0, 0.1) is 5.41 Å². The number of allylic oxidation sites excluding steroid dienone is 6. The monoisotopic (exact) mass is 487 g/mol. The molecule has 0 spiro atoms. The fourth-order valence-corrected chi connectivity index (χ4v) is 3.57. The average molecular weight is 488 g/mol. The van der Waals surface area contributed by atoms with Gasteiger partial charge in [-0.1, -0.05) is 25.2 Å². The molecule has 1 aliphatic heterocycles. The summed E-state index contributed by atoms with van der Waals surface area (Å²) in [5, 5.41) is 2.91. The number of halogens is 1. The Balaban J connectivity index is 2.87.